The monoisotopic (exact) mass is 461 g/mol. The van der Waals surface area contributed by atoms with E-state index < -0.39 is 0 Å². The number of anilines is 3. The molecule has 0 saturated heterocycles. The summed E-state index contributed by atoms with van der Waals surface area (Å²) in [5.41, 5.74) is 2.83. The van der Waals surface area contributed by atoms with Gasteiger partial charge in [-0.3, -0.25) is 9.36 Å². The van der Waals surface area contributed by atoms with E-state index in [0.29, 0.717) is 41.7 Å². The summed E-state index contributed by atoms with van der Waals surface area (Å²) in [6, 6.07) is 4.99. The van der Waals surface area contributed by atoms with Gasteiger partial charge >= 0.3 is 0 Å². The van der Waals surface area contributed by atoms with E-state index >= 15 is 0 Å². The number of aryl methyl sites for hydroxylation is 1. The summed E-state index contributed by atoms with van der Waals surface area (Å²) in [7, 11) is 0. The van der Waals surface area contributed by atoms with Crippen molar-refractivity contribution in [2.45, 2.75) is 72.1 Å². The van der Waals surface area contributed by atoms with E-state index in [9.17, 15) is 9.18 Å². The molecule has 2 N–H and O–H groups in total. The first-order valence-corrected chi connectivity index (χ1v) is 12.2. The molecule has 1 aliphatic heterocycles. The Bertz CT molecular complexity index is 1000. The molecule has 1 aromatic heterocycles. The second-order valence-electron chi connectivity index (χ2n) is 7.47. The number of pyridine rings is 1. The highest BCUT2D eigenvalue weighted by atomic mass is 32.2. The number of allylic oxidation sites excluding steroid dienone is 1. The third-order valence-electron chi connectivity index (χ3n) is 5.28. The zero-order chi connectivity index (χ0) is 23.9. The van der Waals surface area contributed by atoms with E-state index in [-0.39, 0.29) is 16.1 Å². The van der Waals surface area contributed by atoms with Crippen LogP contribution in [0.2, 0.25) is 0 Å². The molecule has 176 valence electrons. The Morgan fingerprint density at radius 3 is 2.50 bits per heavy atom. The number of nitrogens with zero attached hydrogens (tertiary/aromatic N) is 1. The number of rotatable bonds is 7. The van der Waals surface area contributed by atoms with Gasteiger partial charge in [-0.15, -0.1) is 6.58 Å². The van der Waals surface area contributed by atoms with Gasteiger partial charge in [0.1, 0.15) is 18.1 Å². The molecule has 7 heteroatoms. The molecule has 0 bridgehead atoms. The van der Waals surface area contributed by atoms with Crippen molar-refractivity contribution >= 4 is 29.0 Å². The van der Waals surface area contributed by atoms with Gasteiger partial charge in [0.25, 0.3) is 5.56 Å². The minimum Gasteiger partial charge on any atom is -0.475 e. The molecule has 32 heavy (non-hydrogen) atoms. The van der Waals surface area contributed by atoms with Crippen molar-refractivity contribution in [2.24, 2.45) is 0 Å². The maximum Gasteiger partial charge on any atom is 0.258 e. The SMILES string of the molecule is C=CCC1(SNc2c(Nc3ccc(C)cc3F)c(C)c(=O)n3c2OCC3)CC1.CC.CC. The normalized spacial score (nSPS) is 14.6. The number of hydrogen-bond donors (Lipinski definition) is 2. The molecular weight excluding hydrogens is 425 g/mol. The highest BCUT2D eigenvalue weighted by Crippen LogP contribution is 2.53. The molecule has 0 unspecified atom stereocenters. The molecule has 0 atom stereocenters. The minimum absolute atomic E-state index is 0.120. The van der Waals surface area contributed by atoms with Crippen LogP contribution in [0.5, 0.6) is 5.88 Å². The highest BCUT2D eigenvalue weighted by molar-refractivity contribution is 8.02. The smallest absolute Gasteiger partial charge is 0.258 e. The maximum absolute atomic E-state index is 14.4. The number of nitrogens with one attached hydrogen (secondary N) is 2. The van der Waals surface area contributed by atoms with Crippen molar-refractivity contribution in [2.75, 3.05) is 16.6 Å². The molecule has 1 aromatic carbocycles. The van der Waals surface area contributed by atoms with E-state index in [1.165, 1.54) is 6.07 Å². The molecule has 5 nitrogen and oxygen atoms in total. The van der Waals surface area contributed by atoms with Gasteiger partial charge in [0.15, 0.2) is 0 Å². The molecular formula is C25H36FN3O2S. The van der Waals surface area contributed by atoms with Crippen LogP contribution in [0.1, 0.15) is 58.1 Å². The highest BCUT2D eigenvalue weighted by Gasteiger charge is 2.43. The van der Waals surface area contributed by atoms with E-state index in [4.69, 9.17) is 4.74 Å². The van der Waals surface area contributed by atoms with Gasteiger partial charge in [-0.25, -0.2) is 4.39 Å². The van der Waals surface area contributed by atoms with Crippen molar-refractivity contribution in [3.63, 3.8) is 0 Å². The second kappa shape index (κ2) is 11.5. The van der Waals surface area contributed by atoms with Crippen molar-refractivity contribution in [1.82, 2.24) is 4.57 Å². The summed E-state index contributed by atoms with van der Waals surface area (Å²) < 4.78 is 25.4. The average Bonchev–Trinajstić information content (AvgIpc) is 3.39. The van der Waals surface area contributed by atoms with Gasteiger partial charge < -0.3 is 14.8 Å². The number of hydrogen-bond acceptors (Lipinski definition) is 5. The third kappa shape index (κ3) is 5.49. The van der Waals surface area contributed by atoms with Gasteiger partial charge in [0, 0.05) is 10.3 Å². The van der Waals surface area contributed by atoms with Crippen molar-refractivity contribution < 1.29 is 9.13 Å². The molecule has 2 aromatic rings. The van der Waals surface area contributed by atoms with Crippen molar-refractivity contribution in [3.8, 4) is 5.88 Å². The fourth-order valence-electron chi connectivity index (χ4n) is 3.43. The van der Waals surface area contributed by atoms with Crippen molar-refractivity contribution in [3.05, 3.63) is 58.2 Å². The summed E-state index contributed by atoms with van der Waals surface area (Å²) in [5.74, 6) is 0.150. The third-order valence-corrected chi connectivity index (χ3v) is 6.60. The van der Waals surface area contributed by atoms with Crippen LogP contribution in [0.25, 0.3) is 0 Å². The standard InChI is InChI=1S/C21H24FN3O2S.2C2H6/c1-4-7-21(8-9-21)28-24-18-17(23-16-6-5-13(2)12-15(16)22)14(3)19(26)25-10-11-27-20(18)25;2*1-2/h4-6,12,23-24H,1,7-11H2,2-3H3;2*1-2H3. The fraction of sp³-hybridized carbons (Fsp3) is 0.480. The fourth-order valence-corrected chi connectivity index (χ4v) is 4.45. The number of aromatic nitrogens is 1. The Balaban J connectivity index is 0.000000860. The lowest BCUT2D eigenvalue weighted by atomic mass is 10.1. The summed E-state index contributed by atoms with van der Waals surface area (Å²) in [6.45, 7) is 16.4. The van der Waals surface area contributed by atoms with Gasteiger partial charge in [-0.1, -0.05) is 39.8 Å². The quantitative estimate of drug-likeness (QED) is 0.345. The zero-order valence-electron chi connectivity index (χ0n) is 20.1. The summed E-state index contributed by atoms with van der Waals surface area (Å²) in [5, 5.41) is 3.13. The largest absolute Gasteiger partial charge is 0.475 e. The maximum atomic E-state index is 14.4. The molecule has 1 aliphatic carbocycles. The summed E-state index contributed by atoms with van der Waals surface area (Å²) in [4.78, 5) is 12.8. The topological polar surface area (TPSA) is 55.3 Å². The number of halogens is 1. The van der Waals surface area contributed by atoms with Crippen LogP contribution >= 0.6 is 11.9 Å². The average molecular weight is 462 g/mol. The second-order valence-corrected chi connectivity index (χ2v) is 8.75. The van der Waals surface area contributed by atoms with Crippen LogP contribution in [0, 0.1) is 19.7 Å². The van der Waals surface area contributed by atoms with E-state index in [2.05, 4.69) is 16.6 Å². The van der Waals surface area contributed by atoms with Gasteiger partial charge in [0.05, 0.1) is 17.9 Å². The van der Waals surface area contributed by atoms with E-state index in [1.807, 2.05) is 46.8 Å². The summed E-state index contributed by atoms with van der Waals surface area (Å²) in [6.07, 6.45) is 5.07. The Morgan fingerprint density at radius 1 is 1.22 bits per heavy atom. The number of fused-ring (bicyclic) bond motifs is 1. The predicted molar refractivity (Wildman–Crippen MR) is 136 cm³/mol. The minimum atomic E-state index is -0.357. The first-order valence-electron chi connectivity index (χ1n) is 11.4. The molecule has 0 radical (unpaired) electrons. The Labute approximate surface area is 195 Å². The van der Waals surface area contributed by atoms with Crippen LogP contribution in [0.4, 0.5) is 21.5 Å². The zero-order valence-corrected chi connectivity index (χ0v) is 20.9. The molecule has 2 aliphatic rings. The van der Waals surface area contributed by atoms with Crippen LogP contribution in [0.3, 0.4) is 0 Å². The van der Waals surface area contributed by atoms with E-state index in [1.54, 1.807) is 29.5 Å². The molecule has 0 amide bonds. The lowest BCUT2D eigenvalue weighted by molar-refractivity contribution is 0.358. The predicted octanol–water partition coefficient (Wildman–Crippen LogP) is 6.96. The van der Waals surface area contributed by atoms with Crippen LogP contribution < -0.4 is 20.3 Å². The Kier molecular flexibility index (Phi) is 9.25. The van der Waals surface area contributed by atoms with Crippen molar-refractivity contribution in [1.29, 1.82) is 0 Å². The van der Waals surface area contributed by atoms with Gasteiger partial charge in [0.2, 0.25) is 5.88 Å². The van der Waals surface area contributed by atoms with Crippen LogP contribution in [-0.2, 0) is 6.54 Å². The molecule has 2 heterocycles. The first kappa shape index (κ1) is 25.8. The number of benzene rings is 1. The van der Waals surface area contributed by atoms with Crippen LogP contribution in [0.15, 0.2) is 35.6 Å². The Hall–Kier alpha value is -2.41. The Morgan fingerprint density at radius 2 is 1.91 bits per heavy atom. The van der Waals surface area contributed by atoms with Gasteiger partial charge in [-0.05, 0) is 62.8 Å². The molecule has 1 saturated carbocycles. The lowest BCUT2D eigenvalue weighted by Crippen LogP contribution is -2.22. The lowest BCUT2D eigenvalue weighted by Gasteiger charge is -2.21. The molecule has 4 rings (SSSR count). The molecule has 0 spiro atoms. The first-order chi connectivity index (χ1) is 15.4. The summed E-state index contributed by atoms with van der Waals surface area (Å²) >= 11 is 1.63. The number of ether oxygens (including phenoxy) is 1. The van der Waals surface area contributed by atoms with E-state index in [0.717, 1.165) is 24.8 Å². The van der Waals surface area contributed by atoms with Crippen LogP contribution in [-0.4, -0.2) is 15.9 Å². The molecule has 1 fully saturated rings. The van der Waals surface area contributed by atoms with Gasteiger partial charge in [-0.2, -0.15) is 0 Å².